The molecule has 0 atom stereocenters. The van der Waals surface area contributed by atoms with Gasteiger partial charge in [0.25, 0.3) is 0 Å². The second kappa shape index (κ2) is 17.1. The third kappa shape index (κ3) is 7.88. The molecule has 0 radical (unpaired) electrons. The Morgan fingerprint density at radius 2 is 1.70 bits per heavy atom. The van der Waals surface area contributed by atoms with Crippen LogP contribution >= 0.6 is 35.1 Å². The van der Waals surface area contributed by atoms with E-state index in [1.165, 1.54) is 7.11 Å². The molecule has 56 heavy (non-hydrogen) atoms. The van der Waals surface area contributed by atoms with Gasteiger partial charge in [-0.3, -0.25) is 9.36 Å². The summed E-state index contributed by atoms with van der Waals surface area (Å²) in [6, 6.07) is 25.7. The highest BCUT2D eigenvalue weighted by molar-refractivity contribution is 7.98. The largest absolute Gasteiger partial charge is 0.507 e. The first-order valence-corrected chi connectivity index (χ1v) is 20.8. The Kier molecular flexibility index (Phi) is 12.0. The Balaban J connectivity index is 1.20. The molecule has 0 unspecified atom stereocenters. The molecule has 0 spiro atoms. The summed E-state index contributed by atoms with van der Waals surface area (Å²) in [5.74, 6) is 2.58. The van der Waals surface area contributed by atoms with Gasteiger partial charge in [0.15, 0.2) is 0 Å². The maximum Gasteiger partial charge on any atom is 0.354 e. The fraction of sp³-hybridized carbons (Fsp3) is 0.279. The minimum atomic E-state index is -0.440. The van der Waals surface area contributed by atoms with Crippen molar-refractivity contribution in [1.82, 2.24) is 24.1 Å². The van der Waals surface area contributed by atoms with Crippen LogP contribution in [0.1, 0.15) is 50.8 Å². The van der Waals surface area contributed by atoms with Gasteiger partial charge in [-0.25, -0.2) is 4.79 Å². The van der Waals surface area contributed by atoms with Crippen molar-refractivity contribution >= 4 is 62.8 Å². The van der Waals surface area contributed by atoms with Gasteiger partial charge < -0.3 is 24.3 Å². The number of rotatable bonds is 15. The van der Waals surface area contributed by atoms with Gasteiger partial charge in [0.2, 0.25) is 0 Å². The molecule has 0 aliphatic heterocycles. The van der Waals surface area contributed by atoms with E-state index in [-0.39, 0.29) is 12.4 Å². The summed E-state index contributed by atoms with van der Waals surface area (Å²) in [6.07, 6.45) is 1.01. The van der Waals surface area contributed by atoms with Crippen molar-refractivity contribution in [3.63, 3.8) is 0 Å². The van der Waals surface area contributed by atoms with Gasteiger partial charge in [-0.05, 0) is 72.7 Å². The first kappa shape index (κ1) is 39.4. The Morgan fingerprint density at radius 1 is 0.911 bits per heavy atom. The van der Waals surface area contributed by atoms with E-state index in [4.69, 9.17) is 31.3 Å². The lowest BCUT2D eigenvalue weighted by molar-refractivity contribution is 0.0589. The Morgan fingerprint density at radius 3 is 2.45 bits per heavy atom. The summed E-state index contributed by atoms with van der Waals surface area (Å²) in [4.78, 5) is 14.2. The number of aliphatic hydroxyl groups is 1. The minimum absolute atomic E-state index is 0.00165. The van der Waals surface area contributed by atoms with Gasteiger partial charge in [0, 0.05) is 76.1 Å². The van der Waals surface area contributed by atoms with Gasteiger partial charge in [0.05, 0.1) is 42.7 Å². The smallest absolute Gasteiger partial charge is 0.354 e. The highest BCUT2D eigenvalue weighted by atomic mass is 35.5. The maximum atomic E-state index is 13.2. The Bertz CT molecular complexity index is 2540. The van der Waals surface area contributed by atoms with E-state index in [2.05, 4.69) is 19.1 Å². The lowest BCUT2D eigenvalue weighted by atomic mass is 9.98. The summed E-state index contributed by atoms with van der Waals surface area (Å²) >= 11 is 10.5. The molecule has 0 aliphatic carbocycles. The Hall–Kier alpha value is -4.88. The lowest BCUT2D eigenvalue weighted by Gasteiger charge is -2.12. The highest BCUT2D eigenvalue weighted by Crippen LogP contribution is 2.43. The van der Waals surface area contributed by atoms with Crippen molar-refractivity contribution in [2.75, 3.05) is 20.8 Å². The third-order valence-corrected chi connectivity index (χ3v) is 12.4. The minimum Gasteiger partial charge on any atom is -0.507 e. The number of aryl methyl sites for hydroxylation is 3. The predicted octanol–water partition coefficient (Wildman–Crippen LogP) is 9.09. The van der Waals surface area contributed by atoms with Crippen molar-refractivity contribution in [2.45, 2.75) is 48.5 Å². The van der Waals surface area contributed by atoms with Crippen LogP contribution in [-0.4, -0.2) is 61.1 Å². The Labute approximate surface area is 339 Å². The van der Waals surface area contributed by atoms with E-state index in [0.29, 0.717) is 47.4 Å². The maximum absolute atomic E-state index is 13.2. The number of carbonyl (C=O) groups excluding carboxylic acids is 1. The number of phenols is 1. The van der Waals surface area contributed by atoms with Gasteiger partial charge in [-0.15, -0.1) is 23.5 Å². The summed E-state index contributed by atoms with van der Waals surface area (Å²) in [5.41, 5.74) is 8.74. The molecule has 3 aromatic heterocycles. The number of fused-ring (bicyclic) bond motifs is 2. The zero-order chi connectivity index (χ0) is 39.5. The van der Waals surface area contributed by atoms with E-state index >= 15 is 0 Å². The van der Waals surface area contributed by atoms with E-state index in [0.717, 1.165) is 77.3 Å². The number of aromatic hydroxyl groups is 1. The molecule has 0 fully saturated rings. The zero-order valence-electron chi connectivity index (χ0n) is 32.0. The second-order valence-corrected chi connectivity index (χ2v) is 16.1. The number of thioether (sulfide) groups is 2. The normalized spacial score (nSPS) is 11.6. The fourth-order valence-corrected chi connectivity index (χ4v) is 9.41. The van der Waals surface area contributed by atoms with Gasteiger partial charge >= 0.3 is 5.97 Å². The molecule has 0 aliphatic rings. The van der Waals surface area contributed by atoms with Crippen LogP contribution in [0.5, 0.6) is 11.5 Å². The molecular weight excluding hydrogens is 766 g/mol. The zero-order valence-corrected chi connectivity index (χ0v) is 34.4. The fourth-order valence-electron chi connectivity index (χ4n) is 7.33. The number of aliphatic hydroxyl groups excluding tert-OH is 1. The monoisotopic (exact) mass is 809 g/mol. The number of halogens is 1. The number of benzene rings is 4. The van der Waals surface area contributed by atoms with Crippen LogP contribution in [0.25, 0.3) is 32.8 Å². The number of hydrogen-bond donors (Lipinski definition) is 2. The predicted molar refractivity (Wildman–Crippen MR) is 226 cm³/mol. The number of methoxy groups -OCH3 is 2. The van der Waals surface area contributed by atoms with Gasteiger partial charge in [0.1, 0.15) is 17.2 Å². The molecule has 0 saturated heterocycles. The van der Waals surface area contributed by atoms with Crippen molar-refractivity contribution in [2.24, 2.45) is 14.1 Å². The van der Waals surface area contributed by atoms with Crippen molar-refractivity contribution < 1.29 is 24.5 Å². The summed E-state index contributed by atoms with van der Waals surface area (Å²) in [5, 5.41) is 33.6. The standard InChI is InChI=1S/C43H44ClN5O5S2/c1-26-39(40-36(44)17-16-35-34(11-8-18-50)42(43(52)54-5)47(2)41(35)40)37(46-49(26)22-27-12-14-31(53-4)15-13-27)25-55-23-29-20-30(48(3)45-29)24-56-32-19-28-9-6-7-10-33(28)38(51)21-32/h6-7,9-10,12-17,19-21,50-51H,8,11,18,22-25H2,1-5H3. The molecule has 0 amide bonds. The first-order chi connectivity index (χ1) is 27.1. The third-order valence-electron chi connectivity index (χ3n) is 10.1. The number of nitrogens with zero attached hydrogens (tertiary/aromatic N) is 5. The van der Waals surface area contributed by atoms with E-state index in [1.807, 2.05) is 94.8 Å². The van der Waals surface area contributed by atoms with Crippen LogP contribution in [0.15, 0.2) is 83.8 Å². The molecule has 290 valence electrons. The average Bonchev–Trinajstić information content (AvgIpc) is 3.81. The summed E-state index contributed by atoms with van der Waals surface area (Å²) in [7, 11) is 6.86. The second-order valence-electron chi connectivity index (χ2n) is 13.6. The number of carbonyl (C=O) groups is 1. The molecule has 7 aromatic rings. The molecular formula is C43H44ClN5O5S2. The number of esters is 1. The number of ether oxygens (including phenoxy) is 2. The van der Waals surface area contributed by atoms with Crippen molar-refractivity contribution in [3.8, 4) is 22.6 Å². The van der Waals surface area contributed by atoms with Crippen LogP contribution < -0.4 is 4.74 Å². The van der Waals surface area contributed by atoms with Crippen molar-refractivity contribution in [1.29, 1.82) is 0 Å². The number of hydrogen-bond acceptors (Lipinski definition) is 9. The van der Waals surface area contributed by atoms with Crippen LogP contribution in [0.2, 0.25) is 5.02 Å². The first-order valence-electron chi connectivity index (χ1n) is 18.2. The quantitative estimate of drug-likeness (QED) is 0.0773. The van der Waals surface area contributed by atoms with Crippen LogP contribution in [0, 0.1) is 6.92 Å². The van der Waals surface area contributed by atoms with E-state index in [1.54, 1.807) is 30.6 Å². The molecule has 3 heterocycles. The van der Waals surface area contributed by atoms with E-state index < -0.39 is 5.97 Å². The lowest BCUT2D eigenvalue weighted by Crippen LogP contribution is -2.10. The molecule has 13 heteroatoms. The van der Waals surface area contributed by atoms with Gasteiger partial charge in [-0.1, -0.05) is 54.1 Å². The van der Waals surface area contributed by atoms with Crippen LogP contribution in [0.4, 0.5) is 0 Å². The molecule has 0 saturated carbocycles. The van der Waals surface area contributed by atoms with Gasteiger partial charge in [-0.2, -0.15) is 10.2 Å². The highest BCUT2D eigenvalue weighted by Gasteiger charge is 2.28. The van der Waals surface area contributed by atoms with Crippen molar-refractivity contribution in [3.05, 3.63) is 123 Å². The molecule has 4 aromatic carbocycles. The number of aromatic nitrogens is 5. The van der Waals surface area contributed by atoms with Crippen LogP contribution in [-0.2, 0) is 49.1 Å². The SMILES string of the molecule is COC(=O)c1c(CCCO)c2ccc(Cl)c(-c3c(CSCc4cc(CSc5cc(O)c6ccccc6c5)n(C)n4)nn(Cc4ccc(OC)cc4)c3C)c2n1C. The summed E-state index contributed by atoms with van der Waals surface area (Å²) < 4.78 is 16.4. The van der Waals surface area contributed by atoms with E-state index in [9.17, 15) is 15.0 Å². The molecule has 7 rings (SSSR count). The topological polar surface area (TPSA) is 117 Å². The molecule has 10 nitrogen and oxygen atoms in total. The molecule has 0 bridgehead atoms. The molecule has 2 N–H and O–H groups in total. The number of phenolic OH excluding ortho intramolecular Hbond substituents is 1. The summed E-state index contributed by atoms with van der Waals surface area (Å²) in [6.45, 7) is 2.60. The average molecular weight is 810 g/mol. The van der Waals surface area contributed by atoms with Crippen LogP contribution in [0.3, 0.4) is 0 Å².